The number of aliphatic imine (C=N–C) groups is 1. The number of unbranched alkanes of at least 4 members (excludes halogenated alkanes) is 1. The molecular weight excluding hydrogens is 276 g/mol. The lowest BCUT2D eigenvalue weighted by Crippen LogP contribution is -2.43. The first-order chi connectivity index (χ1) is 10.8. The Balaban J connectivity index is 1.95. The SMILES string of the molecule is CCCCN(C)C(=NC)NCC(c1ccco1)N1CCCC1. The van der Waals surface area contributed by atoms with Crippen LogP contribution in [0, 0.1) is 0 Å². The summed E-state index contributed by atoms with van der Waals surface area (Å²) >= 11 is 0. The fourth-order valence-electron chi connectivity index (χ4n) is 3.02. The summed E-state index contributed by atoms with van der Waals surface area (Å²) in [7, 11) is 3.95. The van der Waals surface area contributed by atoms with Gasteiger partial charge in [0, 0.05) is 27.2 Å². The maximum Gasteiger partial charge on any atom is 0.193 e. The van der Waals surface area contributed by atoms with Crippen molar-refractivity contribution in [2.75, 3.05) is 40.3 Å². The lowest BCUT2D eigenvalue weighted by atomic mass is 10.2. The smallest absolute Gasteiger partial charge is 0.193 e. The molecule has 1 unspecified atom stereocenters. The molecule has 0 bridgehead atoms. The quantitative estimate of drug-likeness (QED) is 0.621. The summed E-state index contributed by atoms with van der Waals surface area (Å²) in [6, 6.07) is 4.34. The molecule has 1 aromatic rings. The van der Waals surface area contributed by atoms with E-state index in [1.165, 1.54) is 25.7 Å². The van der Waals surface area contributed by atoms with Gasteiger partial charge in [0.2, 0.25) is 0 Å². The Kier molecular flexibility index (Phi) is 6.77. The fourth-order valence-corrected chi connectivity index (χ4v) is 3.02. The van der Waals surface area contributed by atoms with Crippen LogP contribution in [0.5, 0.6) is 0 Å². The molecule has 1 fully saturated rings. The summed E-state index contributed by atoms with van der Waals surface area (Å²) in [6.07, 6.45) is 6.71. The number of rotatable bonds is 7. The van der Waals surface area contributed by atoms with Crippen molar-refractivity contribution < 1.29 is 4.42 Å². The van der Waals surface area contributed by atoms with Crippen LogP contribution < -0.4 is 5.32 Å². The van der Waals surface area contributed by atoms with Crippen LogP contribution in [-0.2, 0) is 0 Å². The number of furan rings is 1. The number of likely N-dealkylation sites (tertiary alicyclic amines) is 1. The van der Waals surface area contributed by atoms with Crippen LogP contribution in [0.1, 0.15) is 44.4 Å². The Bertz CT molecular complexity index is 438. The number of guanidine groups is 1. The Morgan fingerprint density at radius 3 is 2.82 bits per heavy atom. The Morgan fingerprint density at radius 2 is 2.23 bits per heavy atom. The lowest BCUT2D eigenvalue weighted by Gasteiger charge is -2.28. The average Bonchev–Trinajstić information content (AvgIpc) is 3.22. The molecule has 0 amide bonds. The summed E-state index contributed by atoms with van der Waals surface area (Å²) in [4.78, 5) is 9.11. The van der Waals surface area contributed by atoms with Crippen molar-refractivity contribution in [1.29, 1.82) is 0 Å². The third-order valence-corrected chi connectivity index (χ3v) is 4.33. The zero-order valence-corrected chi connectivity index (χ0v) is 14.2. The highest BCUT2D eigenvalue weighted by Crippen LogP contribution is 2.24. The molecular formula is C17H30N4O. The van der Waals surface area contributed by atoms with Crippen molar-refractivity contribution in [1.82, 2.24) is 15.1 Å². The lowest BCUT2D eigenvalue weighted by molar-refractivity contribution is 0.214. The van der Waals surface area contributed by atoms with Crippen molar-refractivity contribution in [3.63, 3.8) is 0 Å². The Morgan fingerprint density at radius 1 is 1.45 bits per heavy atom. The topological polar surface area (TPSA) is 44.0 Å². The highest BCUT2D eigenvalue weighted by atomic mass is 16.3. The molecule has 1 aliphatic heterocycles. The van der Waals surface area contributed by atoms with Crippen LogP contribution in [-0.4, -0.2) is 56.0 Å². The van der Waals surface area contributed by atoms with E-state index in [2.05, 4.69) is 40.1 Å². The van der Waals surface area contributed by atoms with Gasteiger partial charge in [0.15, 0.2) is 5.96 Å². The maximum atomic E-state index is 5.66. The molecule has 0 aromatic carbocycles. The van der Waals surface area contributed by atoms with Gasteiger partial charge in [0.1, 0.15) is 5.76 Å². The zero-order chi connectivity index (χ0) is 15.8. The second-order valence-corrected chi connectivity index (χ2v) is 5.98. The number of hydrogen-bond donors (Lipinski definition) is 1. The Labute approximate surface area is 134 Å². The van der Waals surface area contributed by atoms with Crippen molar-refractivity contribution >= 4 is 5.96 Å². The minimum atomic E-state index is 0.286. The number of nitrogens with zero attached hydrogens (tertiary/aromatic N) is 3. The molecule has 1 saturated heterocycles. The maximum absolute atomic E-state index is 5.66. The van der Waals surface area contributed by atoms with Crippen LogP contribution in [0.15, 0.2) is 27.8 Å². The van der Waals surface area contributed by atoms with Gasteiger partial charge in [0.05, 0.1) is 12.3 Å². The molecule has 2 heterocycles. The predicted octanol–water partition coefficient (Wildman–Crippen LogP) is 2.72. The summed E-state index contributed by atoms with van der Waals surface area (Å²) in [6.45, 7) is 6.38. The summed E-state index contributed by atoms with van der Waals surface area (Å²) in [5.74, 6) is 2.00. The molecule has 1 aliphatic rings. The second kappa shape index (κ2) is 8.83. The molecule has 124 valence electrons. The average molecular weight is 306 g/mol. The van der Waals surface area contributed by atoms with Crippen LogP contribution in [0.2, 0.25) is 0 Å². The third-order valence-electron chi connectivity index (χ3n) is 4.33. The molecule has 1 atom stereocenters. The van der Waals surface area contributed by atoms with E-state index in [-0.39, 0.29) is 6.04 Å². The van der Waals surface area contributed by atoms with Gasteiger partial charge in [-0.1, -0.05) is 13.3 Å². The summed E-state index contributed by atoms with van der Waals surface area (Å²) in [5.41, 5.74) is 0. The van der Waals surface area contributed by atoms with Gasteiger partial charge < -0.3 is 14.6 Å². The predicted molar refractivity (Wildman–Crippen MR) is 91.2 cm³/mol. The number of hydrogen-bond acceptors (Lipinski definition) is 3. The van der Waals surface area contributed by atoms with E-state index < -0.39 is 0 Å². The first-order valence-corrected chi connectivity index (χ1v) is 8.45. The zero-order valence-electron chi connectivity index (χ0n) is 14.2. The first kappa shape index (κ1) is 16.9. The van der Waals surface area contributed by atoms with Gasteiger partial charge in [0.25, 0.3) is 0 Å². The molecule has 0 spiro atoms. The van der Waals surface area contributed by atoms with E-state index in [0.717, 1.165) is 37.9 Å². The highest BCUT2D eigenvalue weighted by molar-refractivity contribution is 5.79. The molecule has 2 rings (SSSR count). The monoisotopic (exact) mass is 306 g/mol. The van der Waals surface area contributed by atoms with E-state index in [0.29, 0.717) is 0 Å². The minimum Gasteiger partial charge on any atom is -0.468 e. The van der Waals surface area contributed by atoms with Crippen LogP contribution >= 0.6 is 0 Å². The molecule has 0 aliphatic carbocycles. The first-order valence-electron chi connectivity index (χ1n) is 8.45. The van der Waals surface area contributed by atoms with Crippen molar-refractivity contribution in [3.05, 3.63) is 24.2 Å². The van der Waals surface area contributed by atoms with Crippen LogP contribution in [0.3, 0.4) is 0 Å². The van der Waals surface area contributed by atoms with E-state index >= 15 is 0 Å². The van der Waals surface area contributed by atoms with E-state index in [1.807, 2.05) is 13.1 Å². The second-order valence-electron chi connectivity index (χ2n) is 5.98. The van der Waals surface area contributed by atoms with Gasteiger partial charge in [-0.2, -0.15) is 0 Å². The van der Waals surface area contributed by atoms with E-state index in [9.17, 15) is 0 Å². The molecule has 5 heteroatoms. The molecule has 0 radical (unpaired) electrons. The van der Waals surface area contributed by atoms with Gasteiger partial charge in [-0.3, -0.25) is 9.89 Å². The Hall–Kier alpha value is -1.49. The summed E-state index contributed by atoms with van der Waals surface area (Å²) < 4.78 is 5.66. The largest absolute Gasteiger partial charge is 0.468 e. The van der Waals surface area contributed by atoms with Crippen molar-refractivity contribution in [3.8, 4) is 0 Å². The van der Waals surface area contributed by atoms with Crippen molar-refractivity contribution in [2.24, 2.45) is 4.99 Å². The minimum absolute atomic E-state index is 0.286. The summed E-state index contributed by atoms with van der Waals surface area (Å²) in [5, 5.41) is 3.52. The van der Waals surface area contributed by atoms with Gasteiger partial charge in [-0.05, 0) is 44.5 Å². The van der Waals surface area contributed by atoms with Crippen LogP contribution in [0.4, 0.5) is 0 Å². The third kappa shape index (κ3) is 4.50. The highest BCUT2D eigenvalue weighted by Gasteiger charge is 2.25. The molecule has 22 heavy (non-hydrogen) atoms. The van der Waals surface area contributed by atoms with Gasteiger partial charge >= 0.3 is 0 Å². The van der Waals surface area contributed by atoms with Crippen LogP contribution in [0.25, 0.3) is 0 Å². The fraction of sp³-hybridized carbons (Fsp3) is 0.706. The molecule has 0 saturated carbocycles. The van der Waals surface area contributed by atoms with E-state index in [4.69, 9.17) is 4.42 Å². The van der Waals surface area contributed by atoms with Crippen molar-refractivity contribution in [2.45, 2.75) is 38.6 Å². The van der Waals surface area contributed by atoms with E-state index in [1.54, 1.807) is 6.26 Å². The van der Waals surface area contributed by atoms with Gasteiger partial charge in [-0.25, -0.2) is 0 Å². The molecule has 1 N–H and O–H groups in total. The molecule has 1 aromatic heterocycles. The van der Waals surface area contributed by atoms with Gasteiger partial charge in [-0.15, -0.1) is 0 Å². The standard InChI is InChI=1S/C17H30N4O/c1-4-5-10-20(3)17(18-2)19-14-15(16-9-8-13-22-16)21-11-6-7-12-21/h8-9,13,15H,4-7,10-12,14H2,1-3H3,(H,18,19). The molecule has 5 nitrogen and oxygen atoms in total. The number of nitrogens with one attached hydrogen (secondary N) is 1. The normalized spacial score (nSPS) is 17.7.